The van der Waals surface area contributed by atoms with Gasteiger partial charge < -0.3 is 15.2 Å². The minimum absolute atomic E-state index is 0. The van der Waals surface area contributed by atoms with Gasteiger partial charge in [0.15, 0.2) is 5.96 Å². The van der Waals surface area contributed by atoms with Crippen LogP contribution in [0.2, 0.25) is 5.02 Å². The molecule has 2 aromatic rings. The van der Waals surface area contributed by atoms with Crippen molar-refractivity contribution in [1.29, 1.82) is 0 Å². The van der Waals surface area contributed by atoms with Gasteiger partial charge in [-0.2, -0.15) is 0 Å². The van der Waals surface area contributed by atoms with E-state index >= 15 is 0 Å². The van der Waals surface area contributed by atoms with Crippen molar-refractivity contribution in [1.82, 2.24) is 25.4 Å². The van der Waals surface area contributed by atoms with Crippen LogP contribution in [0.1, 0.15) is 32.2 Å². The summed E-state index contributed by atoms with van der Waals surface area (Å²) in [6.07, 6.45) is 2.64. The maximum absolute atomic E-state index is 6.21. The molecule has 0 atom stereocenters. The molecular formula is C18H28ClIN6. The monoisotopic (exact) mass is 490 g/mol. The van der Waals surface area contributed by atoms with Crippen LogP contribution in [0.15, 0.2) is 35.6 Å². The number of benzene rings is 1. The molecule has 0 fully saturated rings. The molecule has 0 spiro atoms. The number of halogens is 2. The molecule has 2 N–H and O–H groups in total. The van der Waals surface area contributed by atoms with Gasteiger partial charge in [0.2, 0.25) is 0 Å². The first kappa shape index (κ1) is 22.7. The lowest BCUT2D eigenvalue weighted by atomic mass is 10.2. The number of hydrogen-bond donors (Lipinski definition) is 2. The normalized spacial score (nSPS) is 11.3. The summed E-state index contributed by atoms with van der Waals surface area (Å²) in [6, 6.07) is 7.79. The summed E-state index contributed by atoms with van der Waals surface area (Å²) in [5.74, 6) is 2.32. The standard InChI is InChI=1S/C18H27ClN6.HI/c1-4-17-24-23-13-25(17)10-9-20-18(21-11-14(2)3)22-12-15-7-5-6-8-16(15)19;/h5-8,13-14H,4,9-12H2,1-3H3,(H2,20,21,22);1H. The predicted octanol–water partition coefficient (Wildman–Crippen LogP) is 3.50. The Balaban J connectivity index is 0.00000338. The average molecular weight is 491 g/mol. The van der Waals surface area contributed by atoms with Crippen molar-refractivity contribution in [2.75, 3.05) is 13.1 Å². The second-order valence-corrected chi connectivity index (χ2v) is 6.66. The third-order valence-corrected chi connectivity index (χ3v) is 4.07. The fourth-order valence-corrected chi connectivity index (χ4v) is 2.50. The first-order valence-electron chi connectivity index (χ1n) is 8.72. The molecule has 0 saturated carbocycles. The Morgan fingerprint density at radius 1 is 1.27 bits per heavy atom. The topological polar surface area (TPSA) is 67.1 Å². The van der Waals surface area contributed by atoms with Crippen molar-refractivity contribution in [2.24, 2.45) is 10.9 Å². The third kappa shape index (κ3) is 7.49. The molecule has 1 heterocycles. The molecule has 1 aromatic carbocycles. The fraction of sp³-hybridized carbons (Fsp3) is 0.500. The number of aromatic nitrogens is 3. The minimum atomic E-state index is 0. The van der Waals surface area contributed by atoms with Crippen LogP contribution in [0.4, 0.5) is 0 Å². The van der Waals surface area contributed by atoms with Crippen LogP contribution in [0, 0.1) is 5.92 Å². The van der Waals surface area contributed by atoms with Crippen LogP contribution in [0.5, 0.6) is 0 Å². The SMILES string of the molecule is CCc1nncn1CCNC(=NCc1ccccc1Cl)NCC(C)C.I. The van der Waals surface area contributed by atoms with Crippen LogP contribution in [-0.2, 0) is 19.5 Å². The molecule has 0 aliphatic carbocycles. The number of aryl methyl sites for hydroxylation is 1. The Morgan fingerprint density at radius 3 is 2.73 bits per heavy atom. The highest BCUT2D eigenvalue weighted by molar-refractivity contribution is 14.0. The van der Waals surface area contributed by atoms with E-state index in [0.29, 0.717) is 12.5 Å². The highest BCUT2D eigenvalue weighted by atomic mass is 127. The van der Waals surface area contributed by atoms with E-state index in [1.807, 2.05) is 24.3 Å². The van der Waals surface area contributed by atoms with Crippen molar-refractivity contribution < 1.29 is 0 Å². The van der Waals surface area contributed by atoms with Gasteiger partial charge in [-0.3, -0.25) is 0 Å². The van der Waals surface area contributed by atoms with Crippen LogP contribution in [-0.4, -0.2) is 33.8 Å². The van der Waals surface area contributed by atoms with Gasteiger partial charge in [-0.25, -0.2) is 4.99 Å². The molecule has 144 valence electrons. The van der Waals surface area contributed by atoms with Crippen molar-refractivity contribution in [3.05, 3.63) is 47.0 Å². The molecule has 6 nitrogen and oxygen atoms in total. The second kappa shape index (κ2) is 12.1. The lowest BCUT2D eigenvalue weighted by molar-refractivity contribution is 0.599. The number of rotatable bonds is 8. The van der Waals surface area contributed by atoms with E-state index in [9.17, 15) is 0 Å². The zero-order valence-corrected chi connectivity index (χ0v) is 18.7. The summed E-state index contributed by atoms with van der Waals surface area (Å²) in [5.41, 5.74) is 1.02. The highest BCUT2D eigenvalue weighted by Gasteiger charge is 2.04. The molecule has 0 saturated heterocycles. The van der Waals surface area contributed by atoms with E-state index in [4.69, 9.17) is 11.6 Å². The molecule has 0 aliphatic rings. The number of guanidine groups is 1. The molecule has 0 unspecified atom stereocenters. The third-order valence-electron chi connectivity index (χ3n) is 3.70. The predicted molar refractivity (Wildman–Crippen MR) is 118 cm³/mol. The number of nitrogens with zero attached hydrogens (tertiary/aromatic N) is 4. The van der Waals surface area contributed by atoms with E-state index in [2.05, 4.69) is 51.2 Å². The summed E-state index contributed by atoms with van der Waals surface area (Å²) >= 11 is 6.21. The summed E-state index contributed by atoms with van der Waals surface area (Å²) in [5, 5.41) is 15.6. The Kier molecular flexibility index (Phi) is 10.6. The van der Waals surface area contributed by atoms with Crippen LogP contribution in [0.3, 0.4) is 0 Å². The largest absolute Gasteiger partial charge is 0.356 e. The number of hydrogen-bond acceptors (Lipinski definition) is 3. The van der Waals surface area contributed by atoms with Gasteiger partial charge in [0.05, 0.1) is 6.54 Å². The average Bonchev–Trinajstić information content (AvgIpc) is 3.05. The van der Waals surface area contributed by atoms with E-state index in [-0.39, 0.29) is 24.0 Å². The molecule has 0 bridgehead atoms. The summed E-state index contributed by atoms with van der Waals surface area (Å²) in [4.78, 5) is 4.66. The summed E-state index contributed by atoms with van der Waals surface area (Å²) in [6.45, 7) is 9.37. The van der Waals surface area contributed by atoms with Crippen molar-refractivity contribution in [3.8, 4) is 0 Å². The molecule has 26 heavy (non-hydrogen) atoms. The molecule has 0 amide bonds. The molecule has 2 rings (SSSR count). The van der Waals surface area contributed by atoms with Gasteiger partial charge in [-0.15, -0.1) is 34.2 Å². The summed E-state index contributed by atoms with van der Waals surface area (Å²) in [7, 11) is 0. The Bertz CT molecular complexity index is 686. The van der Waals surface area contributed by atoms with Crippen molar-refractivity contribution >= 4 is 41.5 Å². The first-order valence-corrected chi connectivity index (χ1v) is 9.10. The second-order valence-electron chi connectivity index (χ2n) is 6.25. The van der Waals surface area contributed by atoms with Crippen molar-refractivity contribution in [3.63, 3.8) is 0 Å². The summed E-state index contributed by atoms with van der Waals surface area (Å²) < 4.78 is 2.06. The zero-order chi connectivity index (χ0) is 18.1. The quantitative estimate of drug-likeness (QED) is 0.338. The van der Waals surface area contributed by atoms with E-state index in [1.54, 1.807) is 6.33 Å². The van der Waals surface area contributed by atoms with Crippen LogP contribution >= 0.6 is 35.6 Å². The lowest BCUT2D eigenvalue weighted by Crippen LogP contribution is -2.40. The fourth-order valence-electron chi connectivity index (χ4n) is 2.30. The van der Waals surface area contributed by atoms with Gasteiger partial charge in [-0.05, 0) is 17.5 Å². The molecule has 0 aliphatic heterocycles. The first-order chi connectivity index (χ1) is 12.1. The highest BCUT2D eigenvalue weighted by Crippen LogP contribution is 2.15. The van der Waals surface area contributed by atoms with E-state index < -0.39 is 0 Å². The van der Waals surface area contributed by atoms with Crippen LogP contribution < -0.4 is 10.6 Å². The van der Waals surface area contributed by atoms with E-state index in [0.717, 1.165) is 48.4 Å². The molecular weight excluding hydrogens is 463 g/mol. The van der Waals surface area contributed by atoms with Crippen molar-refractivity contribution in [2.45, 2.75) is 40.3 Å². The number of nitrogens with one attached hydrogen (secondary N) is 2. The van der Waals surface area contributed by atoms with Gasteiger partial charge >= 0.3 is 0 Å². The zero-order valence-electron chi connectivity index (χ0n) is 15.6. The molecule has 1 aromatic heterocycles. The van der Waals surface area contributed by atoms with Gasteiger partial charge in [0.1, 0.15) is 12.2 Å². The Labute approximate surface area is 177 Å². The Morgan fingerprint density at radius 2 is 2.04 bits per heavy atom. The van der Waals surface area contributed by atoms with Gasteiger partial charge in [0, 0.05) is 31.1 Å². The minimum Gasteiger partial charge on any atom is -0.356 e. The maximum Gasteiger partial charge on any atom is 0.191 e. The van der Waals surface area contributed by atoms with Gasteiger partial charge in [-0.1, -0.05) is 50.6 Å². The smallest absolute Gasteiger partial charge is 0.191 e. The number of aliphatic imine (C=N–C) groups is 1. The maximum atomic E-state index is 6.21. The van der Waals surface area contributed by atoms with Crippen LogP contribution in [0.25, 0.3) is 0 Å². The molecule has 0 radical (unpaired) electrons. The lowest BCUT2D eigenvalue weighted by Gasteiger charge is -2.15. The molecule has 8 heteroatoms. The van der Waals surface area contributed by atoms with Gasteiger partial charge in [0.25, 0.3) is 0 Å². The Hall–Kier alpha value is -1.35. The van der Waals surface area contributed by atoms with E-state index in [1.165, 1.54) is 0 Å².